The van der Waals surface area contributed by atoms with Gasteiger partial charge in [0, 0.05) is 12.6 Å². The summed E-state index contributed by atoms with van der Waals surface area (Å²) < 4.78 is 5.25. The zero-order valence-corrected chi connectivity index (χ0v) is 9.51. The van der Waals surface area contributed by atoms with E-state index in [1.54, 1.807) is 0 Å². The molecule has 3 atom stereocenters. The molecule has 0 aromatic heterocycles. The summed E-state index contributed by atoms with van der Waals surface area (Å²) in [5.41, 5.74) is 0. The first-order valence-corrected chi connectivity index (χ1v) is 5.57. The van der Waals surface area contributed by atoms with E-state index in [1.807, 2.05) is 13.8 Å². The van der Waals surface area contributed by atoms with E-state index in [0.717, 1.165) is 19.4 Å². The average molecular weight is 220 g/mol. The van der Waals surface area contributed by atoms with Gasteiger partial charge in [0.2, 0.25) is 5.91 Å². The van der Waals surface area contributed by atoms with Gasteiger partial charge in [-0.05, 0) is 26.7 Å². The number of amides is 1. The number of alkyl halides is 1. The highest BCUT2D eigenvalue weighted by Crippen LogP contribution is 2.14. The Bertz CT molecular complexity index is 191. The normalized spacial score (nSPS) is 26.6. The quantitative estimate of drug-likeness (QED) is 0.732. The van der Waals surface area contributed by atoms with Gasteiger partial charge in [-0.15, -0.1) is 11.6 Å². The van der Waals surface area contributed by atoms with Crippen LogP contribution in [0.3, 0.4) is 0 Å². The monoisotopic (exact) mass is 219 g/mol. The van der Waals surface area contributed by atoms with Crippen LogP contribution < -0.4 is 5.32 Å². The van der Waals surface area contributed by atoms with Crippen molar-refractivity contribution in [1.29, 1.82) is 0 Å². The van der Waals surface area contributed by atoms with Crippen molar-refractivity contribution in [2.24, 2.45) is 5.92 Å². The summed E-state index contributed by atoms with van der Waals surface area (Å²) in [6.45, 7) is 5.13. The molecule has 14 heavy (non-hydrogen) atoms. The lowest BCUT2D eigenvalue weighted by atomic mass is 10.0. The number of rotatable bonds is 3. The number of ether oxygens (including phenoxy) is 1. The third kappa shape index (κ3) is 3.46. The fraction of sp³-hybridized carbons (Fsp3) is 0.900. The van der Waals surface area contributed by atoms with Crippen LogP contribution in [0.5, 0.6) is 0 Å². The van der Waals surface area contributed by atoms with Crippen LogP contribution in [0.2, 0.25) is 0 Å². The van der Waals surface area contributed by atoms with Gasteiger partial charge < -0.3 is 10.1 Å². The topological polar surface area (TPSA) is 38.3 Å². The molecule has 0 spiro atoms. The van der Waals surface area contributed by atoms with Crippen LogP contribution in [-0.2, 0) is 9.53 Å². The molecule has 3 unspecified atom stereocenters. The largest absolute Gasteiger partial charge is 0.381 e. The van der Waals surface area contributed by atoms with Gasteiger partial charge in [0.1, 0.15) is 0 Å². The van der Waals surface area contributed by atoms with E-state index < -0.39 is 0 Å². The molecule has 1 saturated heterocycles. The number of hydrogen-bond acceptors (Lipinski definition) is 2. The highest BCUT2D eigenvalue weighted by Gasteiger charge is 2.23. The highest BCUT2D eigenvalue weighted by atomic mass is 35.5. The third-order valence-electron chi connectivity index (χ3n) is 2.59. The van der Waals surface area contributed by atoms with Gasteiger partial charge in [-0.3, -0.25) is 4.79 Å². The van der Waals surface area contributed by atoms with Crippen molar-refractivity contribution < 1.29 is 9.53 Å². The molecular weight excluding hydrogens is 202 g/mol. The summed E-state index contributed by atoms with van der Waals surface area (Å²) in [7, 11) is 0. The number of hydrogen-bond donors (Lipinski definition) is 1. The summed E-state index contributed by atoms with van der Waals surface area (Å²) in [5, 5.41) is 2.86. The second-order valence-corrected chi connectivity index (χ2v) is 4.58. The Labute approximate surface area is 90.1 Å². The van der Waals surface area contributed by atoms with E-state index in [9.17, 15) is 4.79 Å². The maximum absolute atomic E-state index is 11.7. The van der Waals surface area contributed by atoms with Gasteiger partial charge in [0.25, 0.3) is 0 Å². The van der Waals surface area contributed by atoms with Crippen molar-refractivity contribution in [2.75, 3.05) is 13.2 Å². The standard InChI is InChI=1S/C10H18ClNO2/c1-7(11)8(2)12-10(13)9-4-3-5-14-6-9/h7-9H,3-6H2,1-2H3,(H,12,13). The molecule has 0 radical (unpaired) electrons. The van der Waals surface area contributed by atoms with E-state index in [-0.39, 0.29) is 23.2 Å². The molecule has 1 heterocycles. The summed E-state index contributed by atoms with van der Waals surface area (Å²) in [4.78, 5) is 11.7. The SMILES string of the molecule is CC(Cl)C(C)NC(=O)C1CCCOC1. The molecule has 1 fully saturated rings. The fourth-order valence-electron chi connectivity index (χ4n) is 1.40. The molecule has 4 heteroatoms. The molecular formula is C10H18ClNO2. The predicted molar refractivity (Wildman–Crippen MR) is 56.5 cm³/mol. The highest BCUT2D eigenvalue weighted by molar-refractivity contribution is 6.20. The maximum Gasteiger partial charge on any atom is 0.225 e. The van der Waals surface area contributed by atoms with E-state index in [2.05, 4.69) is 5.32 Å². The Morgan fingerprint density at radius 1 is 1.57 bits per heavy atom. The molecule has 0 bridgehead atoms. The van der Waals surface area contributed by atoms with Crippen molar-refractivity contribution in [3.8, 4) is 0 Å². The van der Waals surface area contributed by atoms with Gasteiger partial charge in [-0.25, -0.2) is 0 Å². The van der Waals surface area contributed by atoms with Crippen molar-refractivity contribution >= 4 is 17.5 Å². The molecule has 1 N–H and O–H groups in total. The van der Waals surface area contributed by atoms with Gasteiger partial charge >= 0.3 is 0 Å². The molecule has 1 aliphatic rings. The summed E-state index contributed by atoms with van der Waals surface area (Å²) >= 11 is 5.87. The predicted octanol–water partition coefficient (Wildman–Crippen LogP) is 1.54. The van der Waals surface area contributed by atoms with Crippen LogP contribution in [0.25, 0.3) is 0 Å². The fourth-order valence-corrected chi connectivity index (χ4v) is 1.47. The number of halogens is 1. The number of carbonyl (C=O) groups is 1. The smallest absolute Gasteiger partial charge is 0.225 e. The maximum atomic E-state index is 11.7. The molecule has 1 rings (SSSR count). The van der Waals surface area contributed by atoms with Crippen LogP contribution in [0.15, 0.2) is 0 Å². The van der Waals surface area contributed by atoms with Gasteiger partial charge in [0.15, 0.2) is 0 Å². The van der Waals surface area contributed by atoms with Crippen molar-refractivity contribution in [3.63, 3.8) is 0 Å². The van der Waals surface area contributed by atoms with E-state index in [4.69, 9.17) is 16.3 Å². The second kappa shape index (κ2) is 5.56. The van der Waals surface area contributed by atoms with Crippen molar-refractivity contribution in [3.05, 3.63) is 0 Å². The Hall–Kier alpha value is -0.280. The van der Waals surface area contributed by atoms with Crippen LogP contribution in [0.1, 0.15) is 26.7 Å². The third-order valence-corrected chi connectivity index (χ3v) is 2.97. The molecule has 0 saturated carbocycles. The molecule has 3 nitrogen and oxygen atoms in total. The summed E-state index contributed by atoms with van der Waals surface area (Å²) in [5.74, 6) is 0.0892. The number of carbonyl (C=O) groups excluding carboxylic acids is 1. The van der Waals surface area contributed by atoms with Gasteiger partial charge in [0.05, 0.1) is 17.9 Å². The van der Waals surface area contributed by atoms with Crippen LogP contribution in [0, 0.1) is 5.92 Å². The first-order valence-electron chi connectivity index (χ1n) is 5.13. The molecule has 0 aromatic carbocycles. The van der Waals surface area contributed by atoms with Crippen LogP contribution in [-0.4, -0.2) is 30.5 Å². The van der Waals surface area contributed by atoms with Crippen LogP contribution in [0.4, 0.5) is 0 Å². The molecule has 82 valence electrons. The van der Waals surface area contributed by atoms with E-state index in [0.29, 0.717) is 6.61 Å². The number of nitrogens with one attached hydrogen (secondary N) is 1. The lowest BCUT2D eigenvalue weighted by Gasteiger charge is -2.24. The lowest BCUT2D eigenvalue weighted by molar-refractivity contribution is -0.129. The molecule has 0 aromatic rings. The summed E-state index contributed by atoms with van der Waals surface area (Å²) in [6, 6.07) is 0.0195. The van der Waals surface area contributed by atoms with Crippen molar-refractivity contribution in [1.82, 2.24) is 5.32 Å². The molecule has 0 aliphatic carbocycles. The van der Waals surface area contributed by atoms with Gasteiger partial charge in [-0.1, -0.05) is 0 Å². The van der Waals surface area contributed by atoms with Crippen LogP contribution >= 0.6 is 11.6 Å². The minimum absolute atomic E-state index is 0.0154. The second-order valence-electron chi connectivity index (χ2n) is 3.89. The first-order chi connectivity index (χ1) is 6.61. The molecule has 1 amide bonds. The zero-order chi connectivity index (χ0) is 10.6. The zero-order valence-electron chi connectivity index (χ0n) is 8.75. The Kier molecular flexibility index (Phi) is 4.69. The molecule has 1 aliphatic heterocycles. The summed E-state index contributed by atoms with van der Waals surface area (Å²) in [6.07, 6.45) is 1.90. The minimum atomic E-state index is -0.0385. The average Bonchev–Trinajstić information content (AvgIpc) is 2.19. The Morgan fingerprint density at radius 2 is 2.29 bits per heavy atom. The minimum Gasteiger partial charge on any atom is -0.381 e. The lowest BCUT2D eigenvalue weighted by Crippen LogP contribution is -2.43. The Balaban J connectivity index is 2.33. The van der Waals surface area contributed by atoms with Gasteiger partial charge in [-0.2, -0.15) is 0 Å². The van der Waals surface area contributed by atoms with Crippen molar-refractivity contribution in [2.45, 2.75) is 38.1 Å². The van der Waals surface area contributed by atoms with E-state index >= 15 is 0 Å². The first kappa shape index (κ1) is 11.8. The van der Waals surface area contributed by atoms with E-state index in [1.165, 1.54) is 0 Å². The Morgan fingerprint density at radius 3 is 2.79 bits per heavy atom.